The van der Waals surface area contributed by atoms with Crippen molar-refractivity contribution in [3.8, 4) is 0 Å². The van der Waals surface area contributed by atoms with Crippen LogP contribution in [0.5, 0.6) is 0 Å². The summed E-state index contributed by atoms with van der Waals surface area (Å²) in [5, 5.41) is 14.3. The third kappa shape index (κ3) is 4.37. The fourth-order valence-corrected chi connectivity index (χ4v) is 4.38. The first-order chi connectivity index (χ1) is 13.6. The Balaban J connectivity index is 1.26. The van der Waals surface area contributed by atoms with Crippen LogP contribution < -0.4 is 11.1 Å². The van der Waals surface area contributed by atoms with Crippen LogP contribution in [0.1, 0.15) is 36.0 Å². The highest BCUT2D eigenvalue weighted by Crippen LogP contribution is 2.36. The Hall–Kier alpha value is -2.37. The molecule has 2 aliphatic rings. The summed E-state index contributed by atoms with van der Waals surface area (Å²) in [6.45, 7) is 3.42. The van der Waals surface area contributed by atoms with Crippen molar-refractivity contribution in [2.45, 2.75) is 43.9 Å². The van der Waals surface area contributed by atoms with E-state index in [1.54, 1.807) is 0 Å². The maximum Gasteiger partial charge on any atom is 0.188 e. The van der Waals surface area contributed by atoms with Crippen molar-refractivity contribution >= 4 is 5.96 Å². The number of aliphatic hydroxyl groups is 1. The first kappa shape index (κ1) is 19.0. The van der Waals surface area contributed by atoms with Crippen molar-refractivity contribution < 1.29 is 5.11 Å². The molecule has 4 N–H and O–H groups in total. The number of likely N-dealkylation sites (tertiary alicyclic amines) is 1. The van der Waals surface area contributed by atoms with E-state index in [4.69, 9.17) is 5.73 Å². The van der Waals surface area contributed by atoms with Gasteiger partial charge in [0.2, 0.25) is 0 Å². The number of aliphatic imine (C=N–C) groups is 1. The maximum atomic E-state index is 11.0. The molecular formula is C23H30N4O. The number of benzene rings is 2. The van der Waals surface area contributed by atoms with Gasteiger partial charge in [0.05, 0.1) is 6.54 Å². The third-order valence-electron chi connectivity index (χ3n) is 6.03. The van der Waals surface area contributed by atoms with Gasteiger partial charge in [0.1, 0.15) is 5.60 Å². The van der Waals surface area contributed by atoms with E-state index in [0.29, 0.717) is 25.0 Å². The van der Waals surface area contributed by atoms with Crippen LogP contribution in [-0.2, 0) is 18.6 Å². The number of hydrogen-bond acceptors (Lipinski definition) is 3. The molecule has 1 unspecified atom stereocenters. The SMILES string of the molecule is NC(=NCC1(O)CCc2ccccc21)NC1CCN(Cc2ccccc2)CC1. The summed E-state index contributed by atoms with van der Waals surface area (Å²) in [5.74, 6) is 0.444. The van der Waals surface area contributed by atoms with Gasteiger partial charge in [-0.05, 0) is 42.4 Å². The van der Waals surface area contributed by atoms with E-state index in [2.05, 4.69) is 51.6 Å². The number of piperidine rings is 1. The normalized spacial score (nSPS) is 23.5. The molecule has 1 aliphatic heterocycles. The quantitative estimate of drug-likeness (QED) is 0.552. The molecule has 2 aromatic rings. The van der Waals surface area contributed by atoms with E-state index in [1.165, 1.54) is 11.1 Å². The van der Waals surface area contributed by atoms with Crippen LogP contribution in [0.4, 0.5) is 0 Å². The summed E-state index contributed by atoms with van der Waals surface area (Å²) in [7, 11) is 0. The van der Waals surface area contributed by atoms with Crippen molar-refractivity contribution in [2.24, 2.45) is 10.7 Å². The van der Waals surface area contributed by atoms with E-state index in [-0.39, 0.29) is 0 Å². The molecule has 0 aromatic heterocycles. The largest absolute Gasteiger partial charge is 0.383 e. The summed E-state index contributed by atoms with van der Waals surface area (Å²) in [6.07, 6.45) is 3.71. The molecule has 28 heavy (non-hydrogen) atoms. The summed E-state index contributed by atoms with van der Waals surface area (Å²) >= 11 is 0. The van der Waals surface area contributed by atoms with Gasteiger partial charge in [-0.2, -0.15) is 0 Å². The van der Waals surface area contributed by atoms with Gasteiger partial charge in [-0.25, -0.2) is 0 Å². The second kappa shape index (κ2) is 8.33. The molecule has 1 fully saturated rings. The van der Waals surface area contributed by atoms with Crippen LogP contribution in [-0.4, -0.2) is 41.6 Å². The number of nitrogens with two attached hydrogens (primary N) is 1. The summed E-state index contributed by atoms with van der Waals surface area (Å²) in [6, 6.07) is 19.0. The zero-order chi connectivity index (χ0) is 19.4. The number of rotatable bonds is 5. The number of fused-ring (bicyclic) bond motifs is 1. The Labute approximate surface area is 167 Å². The number of nitrogens with one attached hydrogen (secondary N) is 1. The van der Waals surface area contributed by atoms with Gasteiger partial charge in [-0.15, -0.1) is 0 Å². The minimum atomic E-state index is -0.887. The number of aryl methyl sites for hydroxylation is 1. The van der Waals surface area contributed by atoms with Gasteiger partial charge in [0.25, 0.3) is 0 Å². The predicted octanol–water partition coefficient (Wildman–Crippen LogP) is 2.39. The van der Waals surface area contributed by atoms with Crippen LogP contribution in [0.2, 0.25) is 0 Å². The van der Waals surface area contributed by atoms with Crippen LogP contribution in [0, 0.1) is 0 Å². The predicted molar refractivity (Wildman–Crippen MR) is 113 cm³/mol. The summed E-state index contributed by atoms with van der Waals surface area (Å²) in [5.41, 5.74) is 8.83. The van der Waals surface area contributed by atoms with Crippen LogP contribution >= 0.6 is 0 Å². The van der Waals surface area contributed by atoms with Gasteiger partial charge >= 0.3 is 0 Å². The van der Waals surface area contributed by atoms with E-state index >= 15 is 0 Å². The third-order valence-corrected chi connectivity index (χ3v) is 6.03. The van der Waals surface area contributed by atoms with Gasteiger partial charge < -0.3 is 16.2 Å². The first-order valence-corrected chi connectivity index (χ1v) is 10.3. The second-order valence-electron chi connectivity index (χ2n) is 8.07. The number of guanidine groups is 1. The van der Waals surface area contributed by atoms with Crippen LogP contribution in [0.15, 0.2) is 59.6 Å². The van der Waals surface area contributed by atoms with Crippen molar-refractivity contribution in [2.75, 3.05) is 19.6 Å². The highest BCUT2D eigenvalue weighted by Gasteiger charge is 2.36. The van der Waals surface area contributed by atoms with Crippen molar-refractivity contribution in [1.82, 2.24) is 10.2 Å². The minimum absolute atomic E-state index is 0.315. The molecule has 2 aromatic carbocycles. The van der Waals surface area contributed by atoms with Crippen molar-refractivity contribution in [1.29, 1.82) is 0 Å². The monoisotopic (exact) mass is 378 g/mol. The Kier molecular flexibility index (Phi) is 5.64. The van der Waals surface area contributed by atoms with Crippen molar-refractivity contribution in [3.05, 3.63) is 71.3 Å². The maximum absolute atomic E-state index is 11.0. The Bertz CT molecular complexity index is 814. The molecule has 0 radical (unpaired) electrons. The molecular weight excluding hydrogens is 348 g/mol. The molecule has 1 aliphatic carbocycles. The number of nitrogens with zero attached hydrogens (tertiary/aromatic N) is 2. The lowest BCUT2D eigenvalue weighted by molar-refractivity contribution is 0.0485. The Morgan fingerprint density at radius 1 is 1.11 bits per heavy atom. The topological polar surface area (TPSA) is 73.9 Å². The Morgan fingerprint density at radius 2 is 1.82 bits per heavy atom. The Morgan fingerprint density at radius 3 is 2.61 bits per heavy atom. The van der Waals surface area contributed by atoms with Gasteiger partial charge in [0, 0.05) is 25.7 Å². The molecule has 1 atom stereocenters. The van der Waals surface area contributed by atoms with E-state index in [0.717, 1.165) is 44.5 Å². The lowest BCUT2D eigenvalue weighted by Crippen LogP contribution is -2.47. The van der Waals surface area contributed by atoms with E-state index in [9.17, 15) is 5.11 Å². The zero-order valence-electron chi connectivity index (χ0n) is 16.3. The molecule has 1 saturated heterocycles. The summed E-state index contributed by atoms with van der Waals surface area (Å²) < 4.78 is 0. The molecule has 0 amide bonds. The summed E-state index contributed by atoms with van der Waals surface area (Å²) in [4.78, 5) is 6.96. The molecule has 0 bridgehead atoms. The van der Waals surface area contributed by atoms with E-state index < -0.39 is 5.60 Å². The van der Waals surface area contributed by atoms with E-state index in [1.807, 2.05) is 18.2 Å². The zero-order valence-corrected chi connectivity index (χ0v) is 16.3. The second-order valence-corrected chi connectivity index (χ2v) is 8.07. The first-order valence-electron chi connectivity index (χ1n) is 10.3. The smallest absolute Gasteiger partial charge is 0.188 e. The minimum Gasteiger partial charge on any atom is -0.383 e. The average Bonchev–Trinajstić information content (AvgIpc) is 3.06. The molecule has 1 heterocycles. The molecule has 148 valence electrons. The lowest BCUT2D eigenvalue weighted by Gasteiger charge is -2.32. The molecule has 5 nitrogen and oxygen atoms in total. The van der Waals surface area contributed by atoms with Crippen LogP contribution in [0.25, 0.3) is 0 Å². The molecule has 0 spiro atoms. The van der Waals surface area contributed by atoms with Crippen LogP contribution in [0.3, 0.4) is 0 Å². The standard InChI is InChI=1S/C23H30N4O/c24-22(25-17-23(28)13-10-19-8-4-5-9-21(19)23)26-20-11-14-27(15-12-20)16-18-6-2-1-3-7-18/h1-9,20,28H,10-17H2,(H3,24,25,26). The average molecular weight is 379 g/mol. The highest BCUT2D eigenvalue weighted by atomic mass is 16.3. The number of hydrogen-bond donors (Lipinski definition) is 3. The molecule has 0 saturated carbocycles. The lowest BCUT2D eigenvalue weighted by atomic mass is 9.96. The fraction of sp³-hybridized carbons (Fsp3) is 0.435. The molecule has 4 rings (SSSR count). The van der Waals surface area contributed by atoms with Gasteiger partial charge in [-0.3, -0.25) is 9.89 Å². The highest BCUT2D eigenvalue weighted by molar-refractivity contribution is 5.78. The fourth-order valence-electron chi connectivity index (χ4n) is 4.38. The van der Waals surface area contributed by atoms with Gasteiger partial charge in [-0.1, -0.05) is 54.6 Å². The van der Waals surface area contributed by atoms with Gasteiger partial charge in [0.15, 0.2) is 5.96 Å². The van der Waals surface area contributed by atoms with Crippen molar-refractivity contribution in [3.63, 3.8) is 0 Å². The molecule has 5 heteroatoms.